The van der Waals surface area contributed by atoms with E-state index in [1.54, 1.807) is 18.2 Å². The van der Waals surface area contributed by atoms with Crippen molar-refractivity contribution in [2.75, 3.05) is 42.1 Å². The summed E-state index contributed by atoms with van der Waals surface area (Å²) in [6.07, 6.45) is 0.920. The minimum absolute atomic E-state index is 0.0502. The lowest BCUT2D eigenvalue weighted by Crippen LogP contribution is -2.50. The summed E-state index contributed by atoms with van der Waals surface area (Å²) in [5.74, 6) is -1.29. The third kappa shape index (κ3) is 5.05. The molecule has 31 heavy (non-hydrogen) atoms. The first-order valence-corrected chi connectivity index (χ1v) is 11.8. The lowest BCUT2D eigenvalue weighted by atomic mass is 10.0. The Morgan fingerprint density at radius 2 is 1.84 bits per heavy atom. The molecular weight excluding hydrogens is 418 g/mol. The second-order valence-electron chi connectivity index (χ2n) is 7.82. The zero-order valence-corrected chi connectivity index (χ0v) is 18.2. The molecule has 0 unspecified atom stereocenters. The van der Waals surface area contributed by atoms with Gasteiger partial charge in [-0.2, -0.15) is 4.31 Å². The number of ether oxygens (including phenoxy) is 1. The molecular formula is C22H25N3O5S. The average molecular weight is 444 g/mol. The highest BCUT2D eigenvalue weighted by Gasteiger charge is 2.30. The number of fused-ring (bicyclic) bond motifs is 1. The van der Waals surface area contributed by atoms with Gasteiger partial charge in [0.15, 0.2) is 5.75 Å². The average Bonchev–Trinajstić information content (AvgIpc) is 2.73. The molecule has 9 heteroatoms. The number of carbonyl (C=O) groups is 2. The van der Waals surface area contributed by atoms with E-state index in [9.17, 15) is 18.0 Å². The number of hydrogen-bond donors (Lipinski definition) is 1. The van der Waals surface area contributed by atoms with Crippen LogP contribution in [0.2, 0.25) is 0 Å². The van der Waals surface area contributed by atoms with E-state index in [-0.39, 0.29) is 11.7 Å². The van der Waals surface area contributed by atoms with Crippen LogP contribution in [0, 0.1) is 6.92 Å². The Kier molecular flexibility index (Phi) is 5.97. The van der Waals surface area contributed by atoms with Crippen molar-refractivity contribution in [1.82, 2.24) is 4.31 Å². The number of benzene rings is 2. The predicted octanol–water partition coefficient (Wildman–Crippen LogP) is 1.94. The molecule has 0 aliphatic carbocycles. The Morgan fingerprint density at radius 3 is 2.58 bits per heavy atom. The Hall–Kier alpha value is -2.91. The number of aryl methyl sites for hydroxylation is 2. The summed E-state index contributed by atoms with van der Waals surface area (Å²) >= 11 is 0. The molecule has 0 atom stereocenters. The smallest absolute Gasteiger partial charge is 0.327 e. The van der Waals surface area contributed by atoms with Crippen LogP contribution in [0.15, 0.2) is 42.5 Å². The summed E-state index contributed by atoms with van der Waals surface area (Å²) in [5.41, 5.74) is 3.77. The fourth-order valence-corrected chi connectivity index (χ4v) is 5.13. The van der Waals surface area contributed by atoms with Gasteiger partial charge in [-0.1, -0.05) is 12.1 Å². The van der Waals surface area contributed by atoms with E-state index in [1.165, 1.54) is 4.31 Å². The van der Waals surface area contributed by atoms with Crippen molar-refractivity contribution in [3.63, 3.8) is 0 Å². The third-order valence-corrected chi connectivity index (χ3v) is 7.26. The van der Waals surface area contributed by atoms with Gasteiger partial charge in [-0.25, -0.2) is 8.42 Å². The minimum Gasteiger partial charge on any atom is -0.426 e. The van der Waals surface area contributed by atoms with E-state index >= 15 is 0 Å². The van der Waals surface area contributed by atoms with E-state index < -0.39 is 21.7 Å². The van der Waals surface area contributed by atoms with Gasteiger partial charge in [-0.3, -0.25) is 9.59 Å². The fourth-order valence-electron chi connectivity index (χ4n) is 3.87. The van der Waals surface area contributed by atoms with Crippen molar-refractivity contribution in [1.29, 1.82) is 0 Å². The maximum atomic E-state index is 12.7. The third-order valence-electron chi connectivity index (χ3n) is 5.50. The van der Waals surface area contributed by atoms with Gasteiger partial charge in [0.05, 0.1) is 0 Å². The second kappa shape index (κ2) is 8.68. The normalized spacial score (nSPS) is 17.1. The Balaban J connectivity index is 1.33. The first-order chi connectivity index (χ1) is 14.8. The molecule has 0 radical (unpaired) electrons. The zero-order chi connectivity index (χ0) is 22.0. The first kappa shape index (κ1) is 21.3. The van der Waals surface area contributed by atoms with Gasteiger partial charge in [-0.15, -0.1) is 0 Å². The van der Waals surface area contributed by atoms with Crippen LogP contribution in [0.4, 0.5) is 11.4 Å². The predicted molar refractivity (Wildman–Crippen MR) is 118 cm³/mol. The molecule has 8 nitrogen and oxygen atoms in total. The Morgan fingerprint density at radius 1 is 1.06 bits per heavy atom. The summed E-state index contributed by atoms with van der Waals surface area (Å²) in [6, 6.07) is 13.0. The van der Waals surface area contributed by atoms with E-state index in [0.717, 1.165) is 16.8 Å². The van der Waals surface area contributed by atoms with E-state index in [2.05, 4.69) is 16.3 Å². The summed E-state index contributed by atoms with van der Waals surface area (Å²) in [6.45, 7) is 3.79. The number of anilines is 2. The standard InChI is InChI=1S/C22H25N3O5S/c1-16-3-2-4-18(13-16)24-9-11-25(12-10-24)31(28,29)15-22(27)30-19-6-7-20-17(14-19)5-8-21(26)23-20/h2-4,6-7,13-14H,5,8-12,15H2,1H3,(H,23,26). The van der Waals surface area contributed by atoms with Crippen molar-refractivity contribution < 1.29 is 22.7 Å². The van der Waals surface area contributed by atoms with Crippen molar-refractivity contribution in [2.24, 2.45) is 0 Å². The molecule has 0 bridgehead atoms. The van der Waals surface area contributed by atoms with Gasteiger partial charge in [0, 0.05) is 44.0 Å². The Bertz CT molecular complexity index is 1110. The molecule has 2 aromatic carbocycles. The molecule has 2 aliphatic rings. The van der Waals surface area contributed by atoms with Crippen LogP contribution < -0.4 is 15.0 Å². The topological polar surface area (TPSA) is 96.0 Å². The van der Waals surface area contributed by atoms with Crippen molar-refractivity contribution in [2.45, 2.75) is 19.8 Å². The van der Waals surface area contributed by atoms with Crippen LogP contribution in [-0.4, -0.2) is 56.5 Å². The molecule has 0 spiro atoms. The molecule has 164 valence electrons. The van der Waals surface area contributed by atoms with Crippen LogP contribution in [0.5, 0.6) is 5.75 Å². The minimum atomic E-state index is -3.77. The van der Waals surface area contributed by atoms with Crippen molar-refractivity contribution in [3.05, 3.63) is 53.6 Å². The molecule has 1 fully saturated rings. The highest BCUT2D eigenvalue weighted by molar-refractivity contribution is 7.89. The Labute approximate surface area is 181 Å². The summed E-state index contributed by atoms with van der Waals surface area (Å²) < 4.78 is 32.0. The SMILES string of the molecule is Cc1cccc(N2CCN(S(=O)(=O)CC(=O)Oc3ccc4c(c3)CCC(=O)N4)CC2)c1. The lowest BCUT2D eigenvalue weighted by Gasteiger charge is -2.35. The molecule has 2 aliphatic heterocycles. The summed E-state index contributed by atoms with van der Waals surface area (Å²) in [4.78, 5) is 25.9. The van der Waals surface area contributed by atoms with Gasteiger partial charge in [0.2, 0.25) is 15.9 Å². The molecule has 0 saturated carbocycles. The molecule has 1 saturated heterocycles. The highest BCUT2D eigenvalue weighted by atomic mass is 32.2. The number of hydrogen-bond acceptors (Lipinski definition) is 6. The number of rotatable bonds is 5. The van der Waals surface area contributed by atoms with Gasteiger partial charge in [0.1, 0.15) is 5.75 Å². The van der Waals surface area contributed by atoms with Crippen LogP contribution in [0.1, 0.15) is 17.5 Å². The quantitative estimate of drug-likeness (QED) is 0.561. The molecule has 1 N–H and O–H groups in total. The van der Waals surface area contributed by atoms with Crippen LogP contribution in [0.25, 0.3) is 0 Å². The van der Waals surface area contributed by atoms with Gasteiger partial charge in [0.25, 0.3) is 0 Å². The van der Waals surface area contributed by atoms with Gasteiger partial charge < -0.3 is 15.0 Å². The number of nitrogens with one attached hydrogen (secondary N) is 1. The number of sulfonamides is 1. The van der Waals surface area contributed by atoms with Crippen LogP contribution in [-0.2, 0) is 26.0 Å². The maximum Gasteiger partial charge on any atom is 0.327 e. The molecule has 2 heterocycles. The largest absolute Gasteiger partial charge is 0.426 e. The van der Waals surface area contributed by atoms with Crippen LogP contribution in [0.3, 0.4) is 0 Å². The summed E-state index contributed by atoms with van der Waals surface area (Å²) in [5, 5.41) is 2.75. The molecule has 4 rings (SSSR count). The van der Waals surface area contributed by atoms with E-state index in [1.807, 2.05) is 25.1 Å². The molecule has 0 aromatic heterocycles. The maximum absolute atomic E-state index is 12.7. The monoisotopic (exact) mass is 443 g/mol. The highest BCUT2D eigenvalue weighted by Crippen LogP contribution is 2.27. The zero-order valence-electron chi connectivity index (χ0n) is 17.3. The fraction of sp³-hybridized carbons (Fsp3) is 0.364. The van der Waals surface area contributed by atoms with E-state index in [4.69, 9.17) is 4.74 Å². The molecule has 1 amide bonds. The van der Waals surface area contributed by atoms with Gasteiger partial charge in [-0.05, 0) is 54.8 Å². The van der Waals surface area contributed by atoms with Crippen molar-refractivity contribution in [3.8, 4) is 5.75 Å². The lowest BCUT2D eigenvalue weighted by molar-refractivity contribution is -0.131. The van der Waals surface area contributed by atoms with Crippen LogP contribution >= 0.6 is 0 Å². The number of nitrogens with zero attached hydrogens (tertiary/aromatic N) is 2. The summed E-state index contributed by atoms with van der Waals surface area (Å²) in [7, 11) is -3.77. The first-order valence-electron chi connectivity index (χ1n) is 10.2. The number of amides is 1. The van der Waals surface area contributed by atoms with Gasteiger partial charge >= 0.3 is 5.97 Å². The second-order valence-corrected chi connectivity index (χ2v) is 9.79. The molecule has 2 aromatic rings. The number of esters is 1. The van der Waals surface area contributed by atoms with E-state index in [0.29, 0.717) is 44.7 Å². The van der Waals surface area contributed by atoms with Crippen molar-refractivity contribution >= 4 is 33.3 Å². The number of carbonyl (C=O) groups excluding carboxylic acids is 2. The number of piperazine rings is 1.